The Hall–Kier alpha value is -1.88. The predicted molar refractivity (Wildman–Crippen MR) is 74.0 cm³/mol. The Bertz CT molecular complexity index is 525. The molecule has 0 fully saturated rings. The van der Waals surface area contributed by atoms with Crippen molar-refractivity contribution in [2.45, 2.75) is 32.9 Å². The van der Waals surface area contributed by atoms with Gasteiger partial charge in [0.2, 0.25) is 12.3 Å². The highest BCUT2D eigenvalue weighted by molar-refractivity contribution is 5.64. The van der Waals surface area contributed by atoms with Crippen LogP contribution in [0.4, 0.5) is 5.69 Å². The fourth-order valence-electron chi connectivity index (χ4n) is 1.78. The Morgan fingerprint density at radius 3 is 2.74 bits per heavy atom. The third kappa shape index (κ3) is 3.12. The molecule has 102 valence electrons. The van der Waals surface area contributed by atoms with Gasteiger partial charge in [-0.05, 0) is 38.5 Å². The quantitative estimate of drug-likeness (QED) is 0.896. The van der Waals surface area contributed by atoms with Crippen molar-refractivity contribution >= 4 is 5.69 Å². The molecule has 1 heterocycles. The van der Waals surface area contributed by atoms with E-state index in [1.54, 1.807) is 7.11 Å². The third-order valence-corrected chi connectivity index (χ3v) is 3.30. The second kappa shape index (κ2) is 5.84. The molecule has 0 saturated carbocycles. The van der Waals surface area contributed by atoms with E-state index >= 15 is 0 Å². The van der Waals surface area contributed by atoms with Crippen LogP contribution < -0.4 is 5.32 Å². The number of aryl methyl sites for hydroxylation is 1. The highest BCUT2D eigenvalue weighted by atomic mass is 16.5. The summed E-state index contributed by atoms with van der Waals surface area (Å²) in [4.78, 5) is 0. The largest absolute Gasteiger partial charge is 0.423 e. The molecule has 5 heteroatoms. The van der Waals surface area contributed by atoms with Gasteiger partial charge in [-0.1, -0.05) is 6.07 Å². The second-order valence-electron chi connectivity index (χ2n) is 4.65. The standard InChI is InChI=1S/C14H19N3O2/c1-9-5-6-12(14-17-15-8-19-14)7-13(9)16-10(2)11(3)18-4/h5-8,10-11,16H,1-4H3. The highest BCUT2D eigenvalue weighted by Crippen LogP contribution is 2.24. The molecular weight excluding hydrogens is 242 g/mol. The molecule has 0 amide bonds. The van der Waals surface area contributed by atoms with Crippen LogP contribution in [0.15, 0.2) is 29.0 Å². The molecule has 0 aliphatic heterocycles. The summed E-state index contributed by atoms with van der Waals surface area (Å²) < 4.78 is 10.5. The van der Waals surface area contributed by atoms with Gasteiger partial charge in [-0.15, -0.1) is 10.2 Å². The monoisotopic (exact) mass is 261 g/mol. The number of nitrogens with zero attached hydrogens (tertiary/aromatic N) is 2. The molecule has 2 aromatic rings. The van der Waals surface area contributed by atoms with Crippen molar-refractivity contribution in [1.29, 1.82) is 0 Å². The molecule has 2 rings (SSSR count). The maximum Gasteiger partial charge on any atom is 0.247 e. The van der Waals surface area contributed by atoms with Gasteiger partial charge in [0.1, 0.15) is 0 Å². The summed E-state index contributed by atoms with van der Waals surface area (Å²) in [6.07, 6.45) is 1.46. The van der Waals surface area contributed by atoms with E-state index in [2.05, 4.69) is 29.4 Å². The molecule has 1 N–H and O–H groups in total. The summed E-state index contributed by atoms with van der Waals surface area (Å²) in [5, 5.41) is 11.1. The molecule has 1 aromatic heterocycles. The van der Waals surface area contributed by atoms with Gasteiger partial charge < -0.3 is 14.5 Å². The van der Waals surface area contributed by atoms with Crippen LogP contribution in [0.3, 0.4) is 0 Å². The third-order valence-electron chi connectivity index (χ3n) is 3.30. The van der Waals surface area contributed by atoms with Gasteiger partial charge in [0.15, 0.2) is 0 Å². The minimum Gasteiger partial charge on any atom is -0.423 e. The minimum atomic E-state index is 0.131. The van der Waals surface area contributed by atoms with E-state index in [0.717, 1.165) is 11.3 Å². The maximum atomic E-state index is 5.32. The SMILES string of the molecule is COC(C)C(C)Nc1cc(-c2nnco2)ccc1C. The number of nitrogens with one attached hydrogen (secondary N) is 1. The van der Waals surface area contributed by atoms with Crippen LogP contribution >= 0.6 is 0 Å². The lowest BCUT2D eigenvalue weighted by Crippen LogP contribution is -2.29. The predicted octanol–water partition coefficient (Wildman–Crippen LogP) is 2.88. The summed E-state index contributed by atoms with van der Waals surface area (Å²) in [5.41, 5.74) is 3.12. The first-order valence-electron chi connectivity index (χ1n) is 6.28. The van der Waals surface area contributed by atoms with Crippen LogP contribution in [-0.2, 0) is 4.74 Å². The lowest BCUT2D eigenvalue weighted by molar-refractivity contribution is 0.106. The smallest absolute Gasteiger partial charge is 0.247 e. The van der Waals surface area contributed by atoms with Crippen LogP contribution in [0.5, 0.6) is 0 Å². The number of aromatic nitrogens is 2. The van der Waals surface area contributed by atoms with E-state index in [1.807, 2.05) is 25.1 Å². The van der Waals surface area contributed by atoms with Crippen molar-refractivity contribution < 1.29 is 9.15 Å². The van der Waals surface area contributed by atoms with Crippen molar-refractivity contribution in [3.8, 4) is 11.5 Å². The number of methoxy groups -OCH3 is 1. The van der Waals surface area contributed by atoms with E-state index in [1.165, 1.54) is 12.0 Å². The average molecular weight is 261 g/mol. The Balaban J connectivity index is 2.23. The zero-order valence-corrected chi connectivity index (χ0v) is 11.7. The summed E-state index contributed by atoms with van der Waals surface area (Å²) in [6.45, 7) is 6.19. The Morgan fingerprint density at radius 2 is 2.11 bits per heavy atom. The van der Waals surface area contributed by atoms with Crippen molar-refractivity contribution in [1.82, 2.24) is 10.2 Å². The zero-order valence-electron chi connectivity index (χ0n) is 11.7. The molecule has 0 bridgehead atoms. The zero-order chi connectivity index (χ0) is 13.8. The number of hydrogen-bond acceptors (Lipinski definition) is 5. The van der Waals surface area contributed by atoms with E-state index in [-0.39, 0.29) is 12.1 Å². The highest BCUT2D eigenvalue weighted by Gasteiger charge is 2.13. The van der Waals surface area contributed by atoms with Crippen LogP contribution in [-0.4, -0.2) is 29.5 Å². The molecule has 2 atom stereocenters. The first kappa shape index (κ1) is 13.5. The molecule has 0 radical (unpaired) electrons. The molecule has 5 nitrogen and oxygen atoms in total. The van der Waals surface area contributed by atoms with Crippen LogP contribution in [0.2, 0.25) is 0 Å². The summed E-state index contributed by atoms with van der Waals surface area (Å²) in [6, 6.07) is 6.23. The van der Waals surface area contributed by atoms with Gasteiger partial charge in [-0.25, -0.2) is 0 Å². The molecule has 0 aliphatic carbocycles. The van der Waals surface area contributed by atoms with Gasteiger partial charge >= 0.3 is 0 Å². The van der Waals surface area contributed by atoms with E-state index in [9.17, 15) is 0 Å². The number of ether oxygens (including phenoxy) is 1. The number of anilines is 1. The van der Waals surface area contributed by atoms with Crippen molar-refractivity contribution in [3.05, 3.63) is 30.2 Å². The van der Waals surface area contributed by atoms with Crippen LogP contribution in [0.1, 0.15) is 19.4 Å². The lowest BCUT2D eigenvalue weighted by atomic mass is 10.1. The molecule has 0 saturated heterocycles. The first-order chi connectivity index (χ1) is 9.11. The van der Waals surface area contributed by atoms with Crippen molar-refractivity contribution in [3.63, 3.8) is 0 Å². The fourth-order valence-corrected chi connectivity index (χ4v) is 1.78. The topological polar surface area (TPSA) is 60.2 Å². The van der Waals surface area contributed by atoms with Gasteiger partial charge in [0.25, 0.3) is 0 Å². The number of benzene rings is 1. The molecule has 0 aliphatic rings. The van der Waals surface area contributed by atoms with Crippen molar-refractivity contribution in [2.24, 2.45) is 0 Å². The molecule has 1 aromatic carbocycles. The van der Waals surface area contributed by atoms with Gasteiger partial charge in [0.05, 0.1) is 6.10 Å². The maximum absolute atomic E-state index is 5.32. The molecule has 19 heavy (non-hydrogen) atoms. The minimum absolute atomic E-state index is 0.131. The van der Waals surface area contributed by atoms with Gasteiger partial charge in [-0.3, -0.25) is 0 Å². The Labute approximate surface area is 113 Å². The fraction of sp³-hybridized carbons (Fsp3) is 0.429. The van der Waals surface area contributed by atoms with Crippen molar-refractivity contribution in [2.75, 3.05) is 12.4 Å². The number of rotatable bonds is 5. The molecular formula is C14H19N3O2. The van der Waals surface area contributed by atoms with E-state index in [0.29, 0.717) is 5.89 Å². The van der Waals surface area contributed by atoms with E-state index in [4.69, 9.17) is 9.15 Å². The van der Waals surface area contributed by atoms with E-state index < -0.39 is 0 Å². The first-order valence-corrected chi connectivity index (χ1v) is 6.28. The normalized spacial score (nSPS) is 14.1. The summed E-state index contributed by atoms with van der Waals surface area (Å²) >= 11 is 0. The average Bonchev–Trinajstić information content (AvgIpc) is 2.94. The van der Waals surface area contributed by atoms with Crippen LogP contribution in [0, 0.1) is 6.92 Å². The number of hydrogen-bond donors (Lipinski definition) is 1. The molecule has 0 spiro atoms. The van der Waals surface area contributed by atoms with Gasteiger partial charge in [-0.2, -0.15) is 0 Å². The van der Waals surface area contributed by atoms with Crippen LogP contribution in [0.25, 0.3) is 11.5 Å². The van der Waals surface area contributed by atoms with Gasteiger partial charge in [0, 0.05) is 24.4 Å². The summed E-state index contributed by atoms with van der Waals surface area (Å²) in [5.74, 6) is 0.524. The molecule has 2 unspecified atom stereocenters. The lowest BCUT2D eigenvalue weighted by Gasteiger charge is -2.22. The second-order valence-corrected chi connectivity index (χ2v) is 4.65. The Kier molecular flexibility index (Phi) is 4.16. The Morgan fingerprint density at radius 1 is 1.32 bits per heavy atom. The summed E-state index contributed by atoms with van der Waals surface area (Å²) in [7, 11) is 1.71.